The van der Waals surface area contributed by atoms with Crippen LogP contribution < -0.4 is 9.62 Å². The minimum absolute atomic E-state index is 0.104. The molecule has 0 spiro atoms. The number of H-pyrrole nitrogens is 1. The lowest BCUT2D eigenvalue weighted by atomic mass is 10.0. The molecule has 9 nitrogen and oxygen atoms in total. The molecule has 0 aliphatic rings. The topological polar surface area (TPSA) is 129 Å². The van der Waals surface area contributed by atoms with Gasteiger partial charge in [0.05, 0.1) is 28.9 Å². The lowest BCUT2D eigenvalue weighted by Gasteiger charge is -2.20. The van der Waals surface area contributed by atoms with Crippen LogP contribution in [0.15, 0.2) is 77.2 Å². The first-order valence-corrected chi connectivity index (χ1v) is 14.8. The van der Waals surface area contributed by atoms with Crippen molar-refractivity contribution in [2.45, 2.75) is 0 Å². The maximum absolute atomic E-state index is 14.4. The molecule has 1 amide bonds. The van der Waals surface area contributed by atoms with E-state index in [1.807, 2.05) is 0 Å². The number of benzene rings is 3. The Labute approximate surface area is 244 Å². The van der Waals surface area contributed by atoms with Crippen molar-refractivity contribution in [1.29, 1.82) is 0 Å². The maximum Gasteiger partial charge on any atom is 0.255 e. The third kappa shape index (κ3) is 4.85. The summed E-state index contributed by atoms with van der Waals surface area (Å²) in [7, 11) is -0.959. The van der Waals surface area contributed by atoms with E-state index in [0.717, 1.165) is 10.6 Å². The van der Waals surface area contributed by atoms with E-state index in [-0.39, 0.29) is 39.7 Å². The van der Waals surface area contributed by atoms with Crippen LogP contribution in [0.4, 0.5) is 14.5 Å². The second-order valence-corrected chi connectivity index (χ2v) is 12.0. The highest BCUT2D eigenvalue weighted by Gasteiger charge is 2.27. The highest BCUT2D eigenvalue weighted by Crippen LogP contribution is 2.42. The molecule has 0 aliphatic heterocycles. The minimum atomic E-state index is -3.78. The van der Waals surface area contributed by atoms with E-state index in [4.69, 9.17) is 4.42 Å². The van der Waals surface area contributed by atoms with Gasteiger partial charge < -0.3 is 19.8 Å². The lowest BCUT2D eigenvalue weighted by molar-refractivity contribution is 0.0964. The van der Waals surface area contributed by atoms with Crippen molar-refractivity contribution in [3.8, 4) is 39.7 Å². The lowest BCUT2D eigenvalue weighted by Crippen LogP contribution is -2.25. The fourth-order valence-corrected chi connectivity index (χ4v) is 5.49. The number of aromatic amines is 1. The number of nitrogens with one attached hydrogen (secondary N) is 2. The molecule has 0 saturated carbocycles. The summed E-state index contributed by atoms with van der Waals surface area (Å²) in [5.74, 6) is -1.42. The molecule has 3 N–H and O–H groups in total. The summed E-state index contributed by atoms with van der Waals surface area (Å²) in [5, 5.41) is 14.0. The van der Waals surface area contributed by atoms with Gasteiger partial charge in [0.1, 0.15) is 34.4 Å². The number of furan rings is 1. The van der Waals surface area contributed by atoms with Crippen LogP contribution in [0.2, 0.25) is 0 Å². The van der Waals surface area contributed by atoms with E-state index in [9.17, 15) is 27.1 Å². The van der Waals surface area contributed by atoms with Gasteiger partial charge in [-0.3, -0.25) is 9.10 Å². The van der Waals surface area contributed by atoms with Crippen LogP contribution >= 0.6 is 0 Å². The smallest absolute Gasteiger partial charge is 0.255 e. The largest absolute Gasteiger partial charge is 0.506 e. The molecule has 3 heterocycles. The molecule has 0 bridgehead atoms. The van der Waals surface area contributed by atoms with Crippen LogP contribution in [0.5, 0.6) is 5.75 Å². The third-order valence-electron chi connectivity index (χ3n) is 7.22. The molecule has 0 radical (unpaired) electrons. The minimum Gasteiger partial charge on any atom is -0.506 e. The Balaban J connectivity index is 1.63. The van der Waals surface area contributed by atoms with Crippen LogP contribution in [0.3, 0.4) is 0 Å². The number of hydrogen-bond donors (Lipinski definition) is 3. The highest BCUT2D eigenvalue weighted by atomic mass is 32.2. The van der Waals surface area contributed by atoms with Gasteiger partial charge in [0, 0.05) is 47.6 Å². The van der Waals surface area contributed by atoms with Crippen molar-refractivity contribution < 1.29 is 31.5 Å². The van der Waals surface area contributed by atoms with Crippen LogP contribution in [-0.2, 0) is 10.0 Å². The maximum atomic E-state index is 14.4. The van der Waals surface area contributed by atoms with Gasteiger partial charge in [-0.2, -0.15) is 0 Å². The summed E-state index contributed by atoms with van der Waals surface area (Å²) in [4.78, 5) is 20.8. The average Bonchev–Trinajstić information content (AvgIpc) is 3.58. The predicted octanol–water partition coefficient (Wildman–Crippen LogP) is 6.05. The fourth-order valence-electron chi connectivity index (χ4n) is 4.98. The summed E-state index contributed by atoms with van der Waals surface area (Å²) in [6.07, 6.45) is 1.04. The molecule has 3 aromatic heterocycles. The van der Waals surface area contributed by atoms with Gasteiger partial charge in [-0.05, 0) is 60.7 Å². The number of nitrogens with zero attached hydrogens (tertiary/aromatic N) is 2. The first kappa shape index (κ1) is 27.9. The Kier molecular flexibility index (Phi) is 6.65. The molecule has 0 unspecified atom stereocenters. The zero-order chi connectivity index (χ0) is 30.6. The van der Waals surface area contributed by atoms with Crippen molar-refractivity contribution in [3.05, 3.63) is 90.0 Å². The number of pyridine rings is 1. The molecule has 218 valence electrons. The summed E-state index contributed by atoms with van der Waals surface area (Å²) >= 11 is 0. The van der Waals surface area contributed by atoms with Crippen LogP contribution in [0.25, 0.3) is 55.8 Å². The molecule has 0 saturated heterocycles. The Morgan fingerprint density at radius 2 is 1.77 bits per heavy atom. The number of aromatic nitrogens is 2. The number of carbonyl (C=O) groups excluding carboxylic acids is 1. The monoisotopic (exact) mass is 602 g/mol. The standard InChI is InChI=1S/C31H24F2N4O5S/c1-34-31(39)28-20-13-19(23-11-12-26(38)29(36-23)24-14-18-21(33)5-4-6-22(18)35-24)25(37(2)43(3,40)41)15-27(20)42-30(28)16-7-9-17(32)10-8-16/h4-15,35,38H,1-3H3,(H,34,39). The zero-order valence-electron chi connectivity index (χ0n) is 23.1. The van der Waals surface area contributed by atoms with Gasteiger partial charge in [0.2, 0.25) is 10.0 Å². The van der Waals surface area contributed by atoms with Gasteiger partial charge in [0.25, 0.3) is 5.91 Å². The first-order chi connectivity index (χ1) is 20.5. The number of carbonyl (C=O) groups is 1. The van der Waals surface area contributed by atoms with Gasteiger partial charge in [-0.25, -0.2) is 22.2 Å². The normalized spacial score (nSPS) is 11.7. The number of anilines is 1. The molecule has 43 heavy (non-hydrogen) atoms. The van der Waals surface area contributed by atoms with Gasteiger partial charge in [-0.15, -0.1) is 0 Å². The SMILES string of the molecule is CNC(=O)c1c(-c2ccc(F)cc2)oc2cc(N(C)S(C)(=O)=O)c(-c3ccc(O)c(-c4cc5c(F)cccc5[nH]4)n3)cc12. The molecular weight excluding hydrogens is 578 g/mol. The van der Waals surface area contributed by atoms with Crippen LogP contribution in [0.1, 0.15) is 10.4 Å². The molecule has 6 aromatic rings. The molecule has 6 rings (SSSR count). The van der Waals surface area contributed by atoms with Gasteiger partial charge >= 0.3 is 0 Å². The molecule has 0 atom stereocenters. The van der Waals surface area contributed by atoms with E-state index in [1.54, 1.807) is 18.2 Å². The molecule has 12 heteroatoms. The Morgan fingerprint density at radius 1 is 1.02 bits per heavy atom. The summed E-state index contributed by atoms with van der Waals surface area (Å²) < 4.78 is 60.6. The van der Waals surface area contributed by atoms with Crippen molar-refractivity contribution in [2.24, 2.45) is 0 Å². The fraction of sp³-hybridized carbons (Fsp3) is 0.0968. The zero-order valence-corrected chi connectivity index (χ0v) is 23.9. The molecular formula is C31H24F2N4O5S. The number of rotatable bonds is 6. The van der Waals surface area contributed by atoms with E-state index >= 15 is 0 Å². The van der Waals surface area contributed by atoms with E-state index in [2.05, 4.69) is 15.3 Å². The number of hydrogen-bond acceptors (Lipinski definition) is 6. The third-order valence-corrected chi connectivity index (χ3v) is 8.41. The van der Waals surface area contributed by atoms with Gasteiger partial charge in [0.15, 0.2) is 0 Å². The van der Waals surface area contributed by atoms with Gasteiger partial charge in [-0.1, -0.05) is 6.07 Å². The highest BCUT2D eigenvalue weighted by molar-refractivity contribution is 7.92. The van der Waals surface area contributed by atoms with Crippen molar-refractivity contribution in [1.82, 2.24) is 15.3 Å². The van der Waals surface area contributed by atoms with E-state index < -0.39 is 27.6 Å². The molecule has 0 fully saturated rings. The van der Waals surface area contributed by atoms with E-state index in [1.165, 1.54) is 68.7 Å². The average molecular weight is 603 g/mol. The second-order valence-electron chi connectivity index (χ2n) is 9.94. The summed E-state index contributed by atoms with van der Waals surface area (Å²) in [5.41, 5.74) is 2.49. The van der Waals surface area contributed by atoms with Crippen LogP contribution in [0, 0.1) is 11.6 Å². The first-order valence-electron chi connectivity index (χ1n) is 13.0. The Hall–Kier alpha value is -5.23. The predicted molar refractivity (Wildman–Crippen MR) is 160 cm³/mol. The number of halogens is 2. The number of sulfonamides is 1. The number of amides is 1. The van der Waals surface area contributed by atoms with Crippen molar-refractivity contribution in [2.75, 3.05) is 24.7 Å². The number of aromatic hydroxyl groups is 1. The van der Waals surface area contributed by atoms with Crippen molar-refractivity contribution >= 4 is 43.5 Å². The van der Waals surface area contributed by atoms with E-state index in [0.29, 0.717) is 33.1 Å². The molecule has 0 aliphatic carbocycles. The van der Waals surface area contributed by atoms with Crippen LogP contribution in [-0.4, -0.2) is 49.8 Å². The van der Waals surface area contributed by atoms with Crippen molar-refractivity contribution in [3.63, 3.8) is 0 Å². The Morgan fingerprint density at radius 3 is 2.44 bits per heavy atom. The summed E-state index contributed by atoms with van der Waals surface area (Å²) in [6, 6.07) is 17.5. The Bertz CT molecular complexity index is 2170. The number of fused-ring (bicyclic) bond motifs is 2. The quantitative estimate of drug-likeness (QED) is 0.213. The second kappa shape index (κ2) is 10.2. The summed E-state index contributed by atoms with van der Waals surface area (Å²) in [6.45, 7) is 0. The molecule has 3 aromatic carbocycles.